The number of hydrogen-bond acceptors (Lipinski definition) is 1. The van der Waals surface area contributed by atoms with Gasteiger partial charge in [0, 0.05) is 12.1 Å². The summed E-state index contributed by atoms with van der Waals surface area (Å²) in [5, 5.41) is 0. The summed E-state index contributed by atoms with van der Waals surface area (Å²) >= 11 is 0. The van der Waals surface area contributed by atoms with Gasteiger partial charge in [-0.25, -0.2) is 0 Å². The van der Waals surface area contributed by atoms with Gasteiger partial charge in [-0.3, -0.25) is 4.90 Å². The SMILES string of the molecule is CCN1[C@@H]2C=C[C@@H](C2)[C@H]1C. The van der Waals surface area contributed by atoms with Gasteiger partial charge in [0.2, 0.25) is 0 Å². The molecule has 0 aromatic heterocycles. The maximum atomic E-state index is 2.59. The summed E-state index contributed by atoms with van der Waals surface area (Å²) in [6, 6.07) is 1.59. The van der Waals surface area contributed by atoms with Gasteiger partial charge in [-0.05, 0) is 25.8 Å². The van der Waals surface area contributed by atoms with Crippen molar-refractivity contribution in [2.45, 2.75) is 32.4 Å². The number of fused-ring (bicyclic) bond motifs is 2. The summed E-state index contributed by atoms with van der Waals surface area (Å²) in [5.41, 5.74) is 0. The van der Waals surface area contributed by atoms with Gasteiger partial charge in [0.05, 0.1) is 0 Å². The van der Waals surface area contributed by atoms with E-state index in [1.807, 2.05) is 0 Å². The second-order valence-corrected chi connectivity index (χ2v) is 3.42. The first-order valence-corrected chi connectivity index (χ1v) is 4.27. The highest BCUT2D eigenvalue weighted by atomic mass is 15.2. The van der Waals surface area contributed by atoms with Crippen molar-refractivity contribution < 1.29 is 0 Å². The van der Waals surface area contributed by atoms with Crippen LogP contribution in [0.5, 0.6) is 0 Å². The number of hydrogen-bond donors (Lipinski definition) is 0. The summed E-state index contributed by atoms with van der Waals surface area (Å²) in [7, 11) is 0. The number of nitrogens with zero attached hydrogens (tertiary/aromatic N) is 1. The first-order valence-electron chi connectivity index (χ1n) is 4.27. The van der Waals surface area contributed by atoms with Crippen LogP contribution in [0.15, 0.2) is 12.2 Å². The van der Waals surface area contributed by atoms with E-state index in [9.17, 15) is 0 Å². The minimum atomic E-state index is 0.782. The second-order valence-electron chi connectivity index (χ2n) is 3.42. The van der Waals surface area contributed by atoms with Crippen LogP contribution in [-0.4, -0.2) is 23.5 Å². The van der Waals surface area contributed by atoms with E-state index in [1.165, 1.54) is 13.0 Å². The van der Waals surface area contributed by atoms with E-state index in [0.29, 0.717) is 0 Å². The van der Waals surface area contributed by atoms with E-state index < -0.39 is 0 Å². The van der Waals surface area contributed by atoms with Crippen molar-refractivity contribution in [1.82, 2.24) is 4.90 Å². The summed E-state index contributed by atoms with van der Waals surface area (Å²) in [6.45, 7) is 5.81. The van der Waals surface area contributed by atoms with E-state index in [2.05, 4.69) is 30.9 Å². The minimum absolute atomic E-state index is 0.782. The van der Waals surface area contributed by atoms with Crippen molar-refractivity contribution in [2.75, 3.05) is 6.54 Å². The van der Waals surface area contributed by atoms with Gasteiger partial charge in [0.25, 0.3) is 0 Å². The quantitative estimate of drug-likeness (QED) is 0.497. The average Bonchev–Trinajstić information content (AvgIpc) is 2.46. The predicted octanol–water partition coefficient (Wildman–Crippen LogP) is 1.66. The fraction of sp³-hybridized carbons (Fsp3) is 0.778. The van der Waals surface area contributed by atoms with Gasteiger partial charge in [0.1, 0.15) is 0 Å². The van der Waals surface area contributed by atoms with Crippen LogP contribution in [-0.2, 0) is 0 Å². The van der Waals surface area contributed by atoms with Gasteiger partial charge in [0.15, 0.2) is 0 Å². The molecule has 10 heavy (non-hydrogen) atoms. The lowest BCUT2D eigenvalue weighted by molar-refractivity contribution is 0.224. The molecule has 0 radical (unpaired) electrons. The van der Waals surface area contributed by atoms with Crippen molar-refractivity contribution in [2.24, 2.45) is 5.92 Å². The van der Waals surface area contributed by atoms with Crippen molar-refractivity contribution in [3.05, 3.63) is 12.2 Å². The lowest BCUT2D eigenvalue weighted by atomic mass is 10.0. The van der Waals surface area contributed by atoms with Crippen LogP contribution in [0, 0.1) is 5.92 Å². The summed E-state index contributed by atoms with van der Waals surface area (Å²) in [5.74, 6) is 0.866. The van der Waals surface area contributed by atoms with Crippen LogP contribution in [0.1, 0.15) is 20.3 Å². The maximum Gasteiger partial charge on any atom is 0.0287 e. The zero-order valence-corrected chi connectivity index (χ0v) is 6.75. The van der Waals surface area contributed by atoms with E-state index in [1.54, 1.807) is 0 Å². The monoisotopic (exact) mass is 137 g/mol. The smallest absolute Gasteiger partial charge is 0.0287 e. The van der Waals surface area contributed by atoms with Gasteiger partial charge in [-0.15, -0.1) is 0 Å². The number of likely N-dealkylation sites (N-methyl/N-ethyl adjacent to an activating group) is 1. The fourth-order valence-corrected chi connectivity index (χ4v) is 2.38. The topological polar surface area (TPSA) is 3.24 Å². The molecule has 0 unspecified atom stereocenters. The van der Waals surface area contributed by atoms with Crippen LogP contribution in [0.3, 0.4) is 0 Å². The molecule has 1 saturated heterocycles. The van der Waals surface area contributed by atoms with Crippen LogP contribution in [0.2, 0.25) is 0 Å². The molecule has 1 aliphatic carbocycles. The third-order valence-corrected chi connectivity index (χ3v) is 3.03. The molecule has 56 valence electrons. The Labute approximate surface area is 62.7 Å². The van der Waals surface area contributed by atoms with Crippen LogP contribution in [0.4, 0.5) is 0 Å². The lowest BCUT2D eigenvalue weighted by Gasteiger charge is -2.28. The normalized spacial score (nSPS) is 45.2. The van der Waals surface area contributed by atoms with E-state index in [-0.39, 0.29) is 0 Å². The molecule has 2 bridgehead atoms. The molecule has 1 aliphatic heterocycles. The Morgan fingerprint density at radius 2 is 2.30 bits per heavy atom. The Balaban J connectivity index is 2.18. The largest absolute Gasteiger partial charge is 0.294 e. The molecule has 1 heterocycles. The van der Waals surface area contributed by atoms with Crippen LogP contribution >= 0.6 is 0 Å². The Morgan fingerprint density at radius 3 is 2.70 bits per heavy atom. The van der Waals surface area contributed by atoms with Gasteiger partial charge >= 0.3 is 0 Å². The van der Waals surface area contributed by atoms with E-state index in [0.717, 1.165) is 18.0 Å². The molecule has 2 aliphatic rings. The highest BCUT2D eigenvalue weighted by Crippen LogP contribution is 2.36. The van der Waals surface area contributed by atoms with Crippen molar-refractivity contribution in [3.63, 3.8) is 0 Å². The molecule has 0 spiro atoms. The molecule has 2 rings (SSSR count). The Morgan fingerprint density at radius 1 is 1.50 bits per heavy atom. The summed E-state index contributed by atoms with van der Waals surface area (Å²) in [6.07, 6.45) is 6.14. The number of likely N-dealkylation sites (tertiary alicyclic amines) is 1. The zero-order valence-electron chi connectivity index (χ0n) is 6.75. The van der Waals surface area contributed by atoms with Gasteiger partial charge in [-0.1, -0.05) is 19.1 Å². The molecular formula is C9H15N. The number of rotatable bonds is 1. The van der Waals surface area contributed by atoms with Crippen molar-refractivity contribution in [1.29, 1.82) is 0 Å². The van der Waals surface area contributed by atoms with E-state index in [4.69, 9.17) is 0 Å². The first kappa shape index (κ1) is 6.41. The molecule has 1 nitrogen and oxygen atoms in total. The lowest BCUT2D eigenvalue weighted by Crippen LogP contribution is -2.36. The van der Waals surface area contributed by atoms with Crippen molar-refractivity contribution in [3.8, 4) is 0 Å². The molecule has 0 amide bonds. The molecule has 0 aromatic rings. The zero-order chi connectivity index (χ0) is 7.14. The third-order valence-electron chi connectivity index (χ3n) is 3.03. The second kappa shape index (κ2) is 2.09. The highest BCUT2D eigenvalue weighted by molar-refractivity contribution is 5.15. The molecule has 1 heteroatoms. The Hall–Kier alpha value is -0.300. The van der Waals surface area contributed by atoms with E-state index >= 15 is 0 Å². The van der Waals surface area contributed by atoms with Crippen LogP contribution < -0.4 is 0 Å². The van der Waals surface area contributed by atoms with Crippen LogP contribution in [0.25, 0.3) is 0 Å². The molecular weight excluding hydrogens is 122 g/mol. The molecule has 0 N–H and O–H groups in total. The minimum Gasteiger partial charge on any atom is -0.294 e. The fourth-order valence-electron chi connectivity index (χ4n) is 2.38. The van der Waals surface area contributed by atoms with Gasteiger partial charge < -0.3 is 0 Å². The summed E-state index contributed by atoms with van der Waals surface area (Å²) < 4.78 is 0. The molecule has 0 aromatic carbocycles. The third kappa shape index (κ3) is 0.671. The maximum absolute atomic E-state index is 2.59. The molecule has 0 saturated carbocycles. The van der Waals surface area contributed by atoms with Crippen molar-refractivity contribution >= 4 is 0 Å². The summed E-state index contributed by atoms with van der Waals surface area (Å²) in [4.78, 5) is 2.59. The first-order chi connectivity index (χ1) is 4.83. The average molecular weight is 137 g/mol. The predicted molar refractivity (Wildman–Crippen MR) is 42.9 cm³/mol. The Kier molecular flexibility index (Phi) is 1.34. The van der Waals surface area contributed by atoms with Gasteiger partial charge in [-0.2, -0.15) is 0 Å². The Bertz CT molecular complexity index is 162. The molecule has 3 atom stereocenters. The molecule has 1 fully saturated rings. The highest BCUT2D eigenvalue weighted by Gasteiger charge is 2.38. The standard InChI is InChI=1S/C9H15N/c1-3-10-7(2)8-4-5-9(10)6-8/h4-5,7-9H,3,6H2,1-2H3/t7-,8+,9-/m1/s1.